The van der Waals surface area contributed by atoms with E-state index < -0.39 is 5.25 Å². The van der Waals surface area contributed by atoms with Crippen LogP contribution in [0.3, 0.4) is 0 Å². The molecule has 0 aliphatic carbocycles. The number of hydrogen-bond donors (Lipinski definition) is 0. The van der Waals surface area contributed by atoms with Crippen LogP contribution in [0.4, 0.5) is 4.39 Å². The van der Waals surface area contributed by atoms with E-state index in [4.69, 9.17) is 9.97 Å². The van der Waals surface area contributed by atoms with E-state index in [0.717, 1.165) is 27.6 Å². The van der Waals surface area contributed by atoms with Crippen LogP contribution >= 0.6 is 11.8 Å². The quantitative estimate of drug-likeness (QED) is 0.225. The molecule has 0 radical (unpaired) electrons. The molecule has 0 fully saturated rings. The second kappa shape index (κ2) is 6.97. The van der Waals surface area contributed by atoms with Gasteiger partial charge < -0.3 is 0 Å². The Hall–Kier alpha value is -3.25. The Morgan fingerprint density at radius 3 is 2.41 bits per heavy atom. The number of aromatic nitrogens is 3. The number of fused-ring (bicyclic) bond motifs is 5. The van der Waals surface area contributed by atoms with Gasteiger partial charge in [-0.3, -0.25) is 9.20 Å². The molecule has 0 spiro atoms. The number of imidazole rings is 1. The highest BCUT2D eigenvalue weighted by molar-refractivity contribution is 8.00. The van der Waals surface area contributed by atoms with Gasteiger partial charge in [-0.25, -0.2) is 14.4 Å². The number of halogens is 1. The van der Waals surface area contributed by atoms with Gasteiger partial charge in [0.05, 0.1) is 21.8 Å². The van der Waals surface area contributed by atoms with Gasteiger partial charge in [0, 0.05) is 10.9 Å². The Balaban J connectivity index is 1.65. The number of benzene rings is 3. The minimum absolute atomic E-state index is 0.0671. The number of nitrogens with zero attached hydrogens (tertiary/aromatic N) is 3. The van der Waals surface area contributed by atoms with Crippen molar-refractivity contribution >= 4 is 45.1 Å². The van der Waals surface area contributed by atoms with Crippen molar-refractivity contribution in [3.05, 3.63) is 84.2 Å². The van der Waals surface area contributed by atoms with Crippen molar-refractivity contribution in [1.82, 2.24) is 14.4 Å². The maximum atomic E-state index is 13.2. The van der Waals surface area contributed by atoms with E-state index in [9.17, 15) is 9.18 Å². The fourth-order valence-corrected chi connectivity index (χ4v) is 4.45. The summed E-state index contributed by atoms with van der Waals surface area (Å²) in [5.74, 6) is -0.424. The van der Waals surface area contributed by atoms with Crippen LogP contribution in [0.2, 0.25) is 0 Å². The summed E-state index contributed by atoms with van der Waals surface area (Å²) in [7, 11) is 0. The van der Waals surface area contributed by atoms with Crippen molar-refractivity contribution in [2.75, 3.05) is 0 Å². The van der Waals surface area contributed by atoms with Gasteiger partial charge >= 0.3 is 0 Å². The van der Waals surface area contributed by atoms with Crippen LogP contribution < -0.4 is 0 Å². The van der Waals surface area contributed by atoms with Crippen LogP contribution in [0.15, 0.2) is 78.0 Å². The Labute approximate surface area is 170 Å². The highest BCUT2D eigenvalue weighted by Crippen LogP contribution is 2.31. The minimum Gasteiger partial charge on any atom is -0.293 e. The van der Waals surface area contributed by atoms with Gasteiger partial charge in [-0.05, 0) is 55.5 Å². The molecule has 0 aliphatic heterocycles. The smallest absolute Gasteiger partial charge is 0.175 e. The first-order valence-corrected chi connectivity index (χ1v) is 10.1. The summed E-state index contributed by atoms with van der Waals surface area (Å²) in [6, 6.07) is 21.4. The highest BCUT2D eigenvalue weighted by Gasteiger charge is 2.21. The van der Waals surface area contributed by atoms with E-state index in [2.05, 4.69) is 0 Å². The predicted molar refractivity (Wildman–Crippen MR) is 114 cm³/mol. The van der Waals surface area contributed by atoms with Crippen molar-refractivity contribution in [2.24, 2.45) is 0 Å². The summed E-state index contributed by atoms with van der Waals surface area (Å²) >= 11 is 1.38. The molecule has 6 heteroatoms. The van der Waals surface area contributed by atoms with Gasteiger partial charge in [0.25, 0.3) is 0 Å². The van der Waals surface area contributed by atoms with Crippen molar-refractivity contribution in [3.8, 4) is 0 Å². The van der Waals surface area contributed by atoms with Gasteiger partial charge in [0.1, 0.15) is 11.5 Å². The molecular weight excluding hydrogens is 385 g/mol. The Bertz CT molecular complexity index is 1380. The van der Waals surface area contributed by atoms with Crippen LogP contribution in [0, 0.1) is 5.82 Å². The highest BCUT2D eigenvalue weighted by atomic mass is 32.2. The third-order valence-electron chi connectivity index (χ3n) is 4.89. The van der Waals surface area contributed by atoms with Crippen LogP contribution in [-0.2, 0) is 0 Å². The van der Waals surface area contributed by atoms with Gasteiger partial charge in [-0.15, -0.1) is 0 Å². The van der Waals surface area contributed by atoms with Gasteiger partial charge in [-0.2, -0.15) is 0 Å². The number of thioether (sulfide) groups is 1. The lowest BCUT2D eigenvalue weighted by Gasteiger charge is -2.13. The van der Waals surface area contributed by atoms with Crippen molar-refractivity contribution < 1.29 is 9.18 Å². The maximum Gasteiger partial charge on any atom is 0.175 e. The average Bonchev–Trinajstić information content (AvgIpc) is 3.14. The van der Waals surface area contributed by atoms with E-state index in [1.807, 2.05) is 59.9 Å². The van der Waals surface area contributed by atoms with Gasteiger partial charge in [-0.1, -0.05) is 36.0 Å². The van der Waals surface area contributed by atoms with E-state index in [1.54, 1.807) is 0 Å². The molecule has 5 rings (SSSR count). The minimum atomic E-state index is -0.390. The summed E-state index contributed by atoms with van der Waals surface area (Å²) in [6.07, 6.45) is 0. The Kier molecular flexibility index (Phi) is 4.28. The zero-order valence-corrected chi connectivity index (χ0v) is 16.4. The molecule has 0 amide bonds. The number of rotatable bonds is 4. The third-order valence-corrected chi connectivity index (χ3v) is 5.95. The van der Waals surface area contributed by atoms with Crippen LogP contribution in [0.25, 0.3) is 27.6 Å². The zero-order valence-electron chi connectivity index (χ0n) is 15.5. The summed E-state index contributed by atoms with van der Waals surface area (Å²) in [5, 5.41) is 1.28. The molecule has 29 heavy (non-hydrogen) atoms. The average molecular weight is 401 g/mol. The summed E-state index contributed by atoms with van der Waals surface area (Å²) < 4.78 is 15.2. The topological polar surface area (TPSA) is 47.3 Å². The number of carbonyl (C=O) groups excluding carboxylic acids is 1. The monoisotopic (exact) mass is 401 g/mol. The molecular formula is C23H16FN3OS. The lowest BCUT2D eigenvalue weighted by atomic mass is 10.1. The largest absolute Gasteiger partial charge is 0.293 e. The first-order chi connectivity index (χ1) is 14.1. The molecule has 2 heterocycles. The first kappa shape index (κ1) is 17.8. The second-order valence-electron chi connectivity index (χ2n) is 6.80. The molecule has 142 valence electrons. The molecule has 1 unspecified atom stereocenters. The van der Waals surface area contributed by atoms with E-state index >= 15 is 0 Å². The Morgan fingerprint density at radius 1 is 0.931 bits per heavy atom. The number of ketones is 1. The normalized spacial score (nSPS) is 12.6. The fourth-order valence-electron chi connectivity index (χ4n) is 3.45. The Morgan fingerprint density at radius 2 is 1.62 bits per heavy atom. The SMILES string of the molecule is CC(Sc1nc2ccccc2c2nc3ccccc3n12)C(=O)c1ccc(F)cc1. The number of para-hydroxylation sites is 3. The summed E-state index contributed by atoms with van der Waals surface area (Å²) in [5.41, 5.74) is 3.97. The predicted octanol–water partition coefficient (Wildman–Crippen LogP) is 5.54. The van der Waals surface area contributed by atoms with E-state index in [1.165, 1.54) is 36.0 Å². The molecule has 0 N–H and O–H groups in total. The standard InChI is InChI=1S/C23H16FN3OS/c1-14(21(28)15-10-12-16(24)13-11-15)29-23-26-18-7-3-2-6-17(18)22-25-19-8-4-5-9-20(19)27(22)23/h2-14H,1H3. The summed E-state index contributed by atoms with van der Waals surface area (Å²) in [4.78, 5) is 22.5. The van der Waals surface area contributed by atoms with E-state index in [0.29, 0.717) is 10.7 Å². The maximum absolute atomic E-state index is 13.2. The molecule has 0 saturated carbocycles. The van der Waals surface area contributed by atoms with Crippen LogP contribution in [-0.4, -0.2) is 25.4 Å². The van der Waals surface area contributed by atoms with Crippen LogP contribution in [0.1, 0.15) is 17.3 Å². The second-order valence-corrected chi connectivity index (χ2v) is 8.11. The van der Waals surface area contributed by atoms with E-state index in [-0.39, 0.29) is 11.6 Å². The number of Topliss-reactive ketones (excluding diaryl/α,β-unsaturated/α-hetero) is 1. The van der Waals surface area contributed by atoms with Crippen molar-refractivity contribution in [2.45, 2.75) is 17.3 Å². The van der Waals surface area contributed by atoms with Gasteiger partial charge in [0.2, 0.25) is 0 Å². The summed E-state index contributed by atoms with van der Waals surface area (Å²) in [6.45, 7) is 1.85. The molecule has 5 aromatic rings. The van der Waals surface area contributed by atoms with Crippen molar-refractivity contribution in [1.29, 1.82) is 0 Å². The molecule has 1 atom stereocenters. The third kappa shape index (κ3) is 3.06. The number of carbonyl (C=O) groups is 1. The molecule has 2 aromatic heterocycles. The molecule has 4 nitrogen and oxygen atoms in total. The lowest BCUT2D eigenvalue weighted by molar-refractivity contribution is 0.0994. The first-order valence-electron chi connectivity index (χ1n) is 9.24. The molecule has 0 aliphatic rings. The molecule has 0 saturated heterocycles. The number of hydrogen-bond acceptors (Lipinski definition) is 4. The van der Waals surface area contributed by atoms with Crippen molar-refractivity contribution in [3.63, 3.8) is 0 Å². The zero-order chi connectivity index (χ0) is 20.0. The fraction of sp³-hybridized carbons (Fsp3) is 0.0870. The lowest BCUT2D eigenvalue weighted by Crippen LogP contribution is -2.14. The van der Waals surface area contributed by atoms with Gasteiger partial charge in [0.15, 0.2) is 10.9 Å². The molecule has 3 aromatic carbocycles. The van der Waals surface area contributed by atoms with Crippen LogP contribution in [0.5, 0.6) is 0 Å². The molecule has 0 bridgehead atoms.